The molecule has 0 aliphatic heterocycles. The Morgan fingerprint density at radius 2 is 1.97 bits per heavy atom. The highest BCUT2D eigenvalue weighted by atomic mass is 32.2. The smallest absolute Gasteiger partial charge is 0.273 e. The van der Waals surface area contributed by atoms with E-state index in [1.165, 1.54) is 50.7 Å². The fourth-order valence-corrected chi connectivity index (χ4v) is 6.31. The van der Waals surface area contributed by atoms with Gasteiger partial charge in [0, 0.05) is 17.8 Å². The zero-order valence-corrected chi connectivity index (χ0v) is 21.2. The molecule has 0 aliphatic carbocycles. The van der Waals surface area contributed by atoms with E-state index in [2.05, 4.69) is 9.71 Å². The maximum absolute atomic E-state index is 14.5. The molecule has 10 heteroatoms. The van der Waals surface area contributed by atoms with Gasteiger partial charge in [0.2, 0.25) is 11.8 Å². The van der Waals surface area contributed by atoms with E-state index >= 15 is 0 Å². The monoisotopic (exact) mass is 506 g/mol. The number of hydrogen-bond acceptors (Lipinski definition) is 7. The van der Waals surface area contributed by atoms with Gasteiger partial charge in [-0.25, -0.2) is 22.5 Å². The summed E-state index contributed by atoms with van der Waals surface area (Å²) >= 11 is 0.913. The molecule has 182 valence electrons. The van der Waals surface area contributed by atoms with Crippen molar-refractivity contribution in [2.45, 2.75) is 49.8 Å². The lowest BCUT2D eigenvalue weighted by Gasteiger charge is -2.20. The summed E-state index contributed by atoms with van der Waals surface area (Å²) in [6, 6.07) is 7.47. The molecule has 2 N–H and O–H groups in total. The Balaban J connectivity index is 2.02. The summed E-state index contributed by atoms with van der Waals surface area (Å²) in [5.74, 6) is -1.05. The number of aromatic nitrogens is 1. The fourth-order valence-electron chi connectivity index (χ4n) is 3.67. The zero-order valence-electron chi connectivity index (χ0n) is 19.5. The first-order valence-electron chi connectivity index (χ1n) is 10.5. The number of nitrogens with one attached hydrogen (secondary N) is 1. The predicted octanol–water partition coefficient (Wildman–Crippen LogP) is 4.36. The molecule has 0 bridgehead atoms. The normalized spacial score (nSPS) is 12.1. The Morgan fingerprint density at radius 3 is 2.59 bits per heavy atom. The van der Waals surface area contributed by atoms with Crippen molar-refractivity contribution in [2.75, 3.05) is 7.11 Å². The second kappa shape index (κ2) is 9.81. The van der Waals surface area contributed by atoms with E-state index < -0.39 is 27.3 Å². The van der Waals surface area contributed by atoms with Gasteiger partial charge in [-0.2, -0.15) is 0 Å². The Hall–Kier alpha value is -2.82. The summed E-state index contributed by atoms with van der Waals surface area (Å²) < 4.78 is 47.6. The molecule has 3 rings (SSSR count). The molecule has 3 aromatic rings. The molecule has 0 fully saturated rings. The first-order valence-corrected chi connectivity index (χ1v) is 12.9. The zero-order chi connectivity index (χ0) is 25.3. The maximum atomic E-state index is 14.5. The number of carbonyl (C=O) groups is 1. The van der Waals surface area contributed by atoms with Crippen LogP contribution >= 0.6 is 11.3 Å². The van der Waals surface area contributed by atoms with Crippen LogP contribution in [-0.2, 0) is 26.8 Å². The van der Waals surface area contributed by atoms with Gasteiger partial charge in [0.15, 0.2) is 0 Å². The van der Waals surface area contributed by atoms with Crippen molar-refractivity contribution in [1.29, 1.82) is 0 Å². The molecular formula is C24H27FN2O5S2. The third-order valence-corrected chi connectivity index (χ3v) is 8.10. The Kier molecular flexibility index (Phi) is 7.44. The summed E-state index contributed by atoms with van der Waals surface area (Å²) in [6.07, 6.45) is 1.22. The molecule has 0 radical (unpaired) electrons. The van der Waals surface area contributed by atoms with Crippen LogP contribution in [0.4, 0.5) is 4.39 Å². The van der Waals surface area contributed by atoms with Gasteiger partial charge < -0.3 is 9.84 Å². The van der Waals surface area contributed by atoms with Gasteiger partial charge in [0.05, 0.1) is 19.1 Å². The average molecular weight is 507 g/mol. The van der Waals surface area contributed by atoms with Crippen LogP contribution < -0.4 is 9.46 Å². The number of ether oxygens (including phenoxy) is 1. The van der Waals surface area contributed by atoms with Gasteiger partial charge in [-0.1, -0.05) is 13.8 Å². The minimum atomic E-state index is -4.22. The van der Waals surface area contributed by atoms with E-state index in [1.54, 1.807) is 12.1 Å². The highest BCUT2D eigenvalue weighted by molar-refractivity contribution is 7.92. The third kappa shape index (κ3) is 5.63. The number of aliphatic hydroxyl groups is 1. The van der Waals surface area contributed by atoms with Gasteiger partial charge in [-0.15, -0.1) is 11.3 Å². The van der Waals surface area contributed by atoms with Crippen molar-refractivity contribution in [1.82, 2.24) is 9.71 Å². The average Bonchev–Trinajstić information content (AvgIpc) is 3.26. The number of carbonyl (C=O) groups excluding carboxylic acids is 1. The van der Waals surface area contributed by atoms with Crippen molar-refractivity contribution in [3.8, 4) is 17.0 Å². The molecule has 7 nitrogen and oxygen atoms in total. The van der Waals surface area contributed by atoms with Crippen molar-refractivity contribution >= 4 is 27.3 Å². The van der Waals surface area contributed by atoms with Gasteiger partial charge in [0.1, 0.15) is 10.0 Å². The van der Waals surface area contributed by atoms with Crippen molar-refractivity contribution in [2.24, 2.45) is 0 Å². The van der Waals surface area contributed by atoms with Crippen molar-refractivity contribution in [3.63, 3.8) is 0 Å². The SMILES string of the molecule is COc1cc(-c2cc(F)cc(C(C)C)c2CC(=O)NS(=O)(=O)c2sccc2C(C)(C)O)ccn1. The highest BCUT2D eigenvalue weighted by Gasteiger charge is 2.30. The molecule has 2 heterocycles. The first kappa shape index (κ1) is 25.8. The molecular weight excluding hydrogens is 479 g/mol. The third-order valence-electron chi connectivity index (χ3n) is 5.24. The number of nitrogens with zero attached hydrogens (tertiary/aromatic N) is 1. The van der Waals surface area contributed by atoms with Crippen LogP contribution in [0.1, 0.15) is 50.3 Å². The Morgan fingerprint density at radius 1 is 1.26 bits per heavy atom. The highest BCUT2D eigenvalue weighted by Crippen LogP contribution is 2.34. The van der Waals surface area contributed by atoms with E-state index in [-0.39, 0.29) is 22.1 Å². The molecule has 0 aliphatic rings. The number of amides is 1. The van der Waals surface area contributed by atoms with Gasteiger partial charge in [-0.05, 0) is 71.7 Å². The van der Waals surface area contributed by atoms with E-state index in [4.69, 9.17) is 4.74 Å². The van der Waals surface area contributed by atoms with Crippen LogP contribution in [0.15, 0.2) is 46.1 Å². The second-order valence-corrected chi connectivity index (χ2v) is 11.4. The van der Waals surface area contributed by atoms with Crippen molar-refractivity contribution in [3.05, 3.63) is 64.4 Å². The summed E-state index contributed by atoms with van der Waals surface area (Å²) in [5, 5.41) is 11.8. The predicted molar refractivity (Wildman–Crippen MR) is 129 cm³/mol. The molecule has 0 atom stereocenters. The van der Waals surface area contributed by atoms with Crippen LogP contribution in [0.5, 0.6) is 5.88 Å². The summed E-state index contributed by atoms with van der Waals surface area (Å²) in [6.45, 7) is 6.67. The molecule has 0 saturated carbocycles. The number of benzene rings is 1. The number of sulfonamides is 1. The topological polar surface area (TPSA) is 106 Å². The molecule has 0 unspecified atom stereocenters. The molecule has 2 aromatic heterocycles. The number of pyridine rings is 1. The molecule has 1 aromatic carbocycles. The van der Waals surface area contributed by atoms with E-state index in [0.29, 0.717) is 28.1 Å². The number of hydrogen-bond donors (Lipinski definition) is 2. The maximum Gasteiger partial charge on any atom is 0.273 e. The van der Waals surface area contributed by atoms with E-state index in [1.807, 2.05) is 13.8 Å². The molecule has 34 heavy (non-hydrogen) atoms. The summed E-state index contributed by atoms with van der Waals surface area (Å²) in [4.78, 5) is 17.0. The van der Waals surface area contributed by atoms with Crippen LogP contribution in [-0.4, -0.2) is 31.5 Å². The number of halogens is 1. The minimum absolute atomic E-state index is 0.128. The van der Waals surface area contributed by atoms with Crippen LogP contribution in [0.25, 0.3) is 11.1 Å². The Labute approximate surface area is 202 Å². The van der Waals surface area contributed by atoms with Crippen molar-refractivity contribution < 1.29 is 27.4 Å². The molecule has 0 spiro atoms. The van der Waals surface area contributed by atoms with Crippen LogP contribution in [0.2, 0.25) is 0 Å². The summed E-state index contributed by atoms with van der Waals surface area (Å²) in [7, 11) is -2.76. The second-order valence-electron chi connectivity index (χ2n) is 8.65. The van der Waals surface area contributed by atoms with E-state index in [0.717, 1.165) is 11.3 Å². The van der Waals surface area contributed by atoms with Crippen LogP contribution in [0.3, 0.4) is 0 Å². The fraction of sp³-hybridized carbons (Fsp3) is 0.333. The largest absolute Gasteiger partial charge is 0.481 e. The quantitative estimate of drug-likeness (QED) is 0.470. The Bertz CT molecular complexity index is 1310. The van der Waals surface area contributed by atoms with Gasteiger partial charge >= 0.3 is 0 Å². The first-order chi connectivity index (χ1) is 15.8. The van der Waals surface area contributed by atoms with Gasteiger partial charge in [-0.3, -0.25) is 4.79 Å². The summed E-state index contributed by atoms with van der Waals surface area (Å²) in [5.41, 5.74) is 0.930. The van der Waals surface area contributed by atoms with Gasteiger partial charge in [0.25, 0.3) is 10.0 Å². The minimum Gasteiger partial charge on any atom is -0.481 e. The molecule has 0 saturated heterocycles. The van der Waals surface area contributed by atoms with Crippen LogP contribution in [0, 0.1) is 5.82 Å². The van der Waals surface area contributed by atoms with E-state index in [9.17, 15) is 22.7 Å². The lowest BCUT2D eigenvalue weighted by molar-refractivity contribution is -0.118. The molecule has 1 amide bonds. The number of thiophene rings is 1. The lowest BCUT2D eigenvalue weighted by atomic mass is 9.88. The number of rotatable bonds is 8. The lowest BCUT2D eigenvalue weighted by Crippen LogP contribution is -2.33. The standard InChI is InChI=1S/C24H27FN2O5S2/c1-14(2)17-11-16(25)12-18(15-6-8-26-22(10-15)32-5)19(17)13-21(28)27-34(30,31)23-20(7-9-33-23)24(3,4)29/h6-12,14,29H,13H2,1-5H3,(H,27,28). The number of methoxy groups -OCH3 is 1.